The molecule has 5 aromatic carbocycles. The first-order valence-corrected chi connectivity index (χ1v) is 20.1. The van der Waals surface area contributed by atoms with Crippen LogP contribution in [0.3, 0.4) is 0 Å². The molecule has 11 heteroatoms. The Kier molecular flexibility index (Phi) is 12.9. The maximum Gasteiger partial charge on any atom is 0.344 e. The van der Waals surface area contributed by atoms with Gasteiger partial charge in [-0.1, -0.05) is 153 Å². The van der Waals surface area contributed by atoms with Gasteiger partial charge in [-0.2, -0.15) is 0 Å². The first-order valence-electron chi connectivity index (χ1n) is 20.1. The third-order valence-electron chi connectivity index (χ3n) is 10.6. The maximum absolute atomic E-state index is 13.3. The Morgan fingerprint density at radius 1 is 0.712 bits per heavy atom. The number of tetrazole rings is 1. The summed E-state index contributed by atoms with van der Waals surface area (Å²) in [7, 11) is 0. The molecule has 0 atom stereocenters. The smallest absolute Gasteiger partial charge is 0.344 e. The number of aromatic nitrogens is 6. The summed E-state index contributed by atoms with van der Waals surface area (Å²) in [4.78, 5) is 38.3. The second-order valence-electron chi connectivity index (χ2n) is 14.1. The summed E-state index contributed by atoms with van der Waals surface area (Å²) in [5.74, 6) is 0.209. The molecule has 1 amide bonds. The number of hydrogen-bond donors (Lipinski definition) is 0. The van der Waals surface area contributed by atoms with E-state index in [1.165, 1.54) is 12.5 Å². The SMILES string of the molecule is CCCCN(Cc1ccc(-c2ccccc2-c2nnnn2C(c2ccccc2)(c2ccccc2)c2ccccc2)cc1)c1ncncc1C(=O)OCC(=O)N(CC)CC. The van der Waals surface area contributed by atoms with E-state index < -0.39 is 11.5 Å². The van der Waals surface area contributed by atoms with Crippen LogP contribution in [0.15, 0.2) is 152 Å². The van der Waals surface area contributed by atoms with Crippen LogP contribution in [-0.4, -0.2) is 73.2 Å². The second kappa shape index (κ2) is 19.0. The summed E-state index contributed by atoms with van der Waals surface area (Å²) in [5, 5.41) is 13.8. The minimum atomic E-state index is -0.894. The predicted octanol–water partition coefficient (Wildman–Crippen LogP) is 8.47. The van der Waals surface area contributed by atoms with Crippen molar-refractivity contribution in [1.29, 1.82) is 0 Å². The highest BCUT2D eigenvalue weighted by Crippen LogP contribution is 2.43. The Hall–Kier alpha value is -7.01. The number of unbranched alkanes of at least 4 members (excludes halogenated alkanes) is 1. The van der Waals surface area contributed by atoms with Crippen LogP contribution in [0, 0.1) is 0 Å². The lowest BCUT2D eigenvalue weighted by Crippen LogP contribution is -2.39. The monoisotopic (exact) mass is 784 g/mol. The van der Waals surface area contributed by atoms with Gasteiger partial charge < -0.3 is 14.5 Å². The number of carbonyl (C=O) groups is 2. The number of amides is 1. The van der Waals surface area contributed by atoms with Gasteiger partial charge in [0.1, 0.15) is 23.2 Å². The van der Waals surface area contributed by atoms with E-state index in [9.17, 15) is 9.59 Å². The van der Waals surface area contributed by atoms with Crippen molar-refractivity contribution in [3.05, 3.63) is 180 Å². The molecule has 0 radical (unpaired) electrons. The molecule has 11 nitrogen and oxygen atoms in total. The summed E-state index contributed by atoms with van der Waals surface area (Å²) < 4.78 is 7.43. The molecule has 0 N–H and O–H groups in total. The van der Waals surface area contributed by atoms with Crippen molar-refractivity contribution in [3.63, 3.8) is 0 Å². The Morgan fingerprint density at radius 2 is 1.29 bits per heavy atom. The average molecular weight is 785 g/mol. The molecule has 0 aliphatic rings. The van der Waals surface area contributed by atoms with Gasteiger partial charge in [0.15, 0.2) is 12.4 Å². The summed E-state index contributed by atoms with van der Waals surface area (Å²) >= 11 is 0. The Bertz CT molecular complexity index is 2340. The normalized spacial score (nSPS) is 11.2. The van der Waals surface area contributed by atoms with Gasteiger partial charge in [0.25, 0.3) is 5.91 Å². The van der Waals surface area contributed by atoms with Crippen molar-refractivity contribution in [2.45, 2.75) is 45.7 Å². The van der Waals surface area contributed by atoms with Crippen LogP contribution in [-0.2, 0) is 21.6 Å². The van der Waals surface area contributed by atoms with Gasteiger partial charge in [0.05, 0.1) is 0 Å². The zero-order valence-corrected chi connectivity index (χ0v) is 33.7. The fourth-order valence-electron chi connectivity index (χ4n) is 7.63. The lowest BCUT2D eigenvalue weighted by molar-refractivity contribution is -0.134. The predicted molar refractivity (Wildman–Crippen MR) is 229 cm³/mol. The van der Waals surface area contributed by atoms with Crippen molar-refractivity contribution < 1.29 is 14.3 Å². The van der Waals surface area contributed by atoms with Crippen molar-refractivity contribution in [3.8, 4) is 22.5 Å². The van der Waals surface area contributed by atoms with Gasteiger partial charge in [-0.15, -0.1) is 5.10 Å². The standard InChI is InChI=1S/C48H48N8O3/c1-4-7-31-55(45-43(32-49-35-50-45)47(58)59-34-44(57)54(5-2)6-3)33-36-27-29-37(30-28-36)41-25-17-18-26-42(41)46-51-52-53-56(46)48(38-19-11-8-12-20-38,39-21-13-9-14-22-39)40-23-15-10-16-24-40/h8-30,32,35H,4-7,31,33-34H2,1-3H3. The summed E-state index contributed by atoms with van der Waals surface area (Å²) in [6.07, 6.45) is 4.73. The molecule has 0 spiro atoms. The van der Waals surface area contributed by atoms with Crippen LogP contribution in [0.5, 0.6) is 0 Å². The molecule has 0 bridgehead atoms. The fourth-order valence-corrected chi connectivity index (χ4v) is 7.63. The number of hydrogen-bond acceptors (Lipinski definition) is 9. The van der Waals surface area contributed by atoms with Gasteiger partial charge in [0.2, 0.25) is 0 Å². The van der Waals surface area contributed by atoms with E-state index in [-0.39, 0.29) is 18.1 Å². The number of esters is 1. The van der Waals surface area contributed by atoms with Crippen molar-refractivity contribution in [2.24, 2.45) is 0 Å². The number of carbonyl (C=O) groups excluding carboxylic acids is 2. The van der Waals surface area contributed by atoms with Crippen LogP contribution in [0.4, 0.5) is 5.82 Å². The highest BCUT2D eigenvalue weighted by molar-refractivity contribution is 5.95. The molecular weight excluding hydrogens is 737 g/mol. The van der Waals surface area contributed by atoms with E-state index in [1.807, 2.05) is 85.3 Å². The minimum absolute atomic E-state index is 0.219. The molecule has 0 saturated carbocycles. The zero-order chi connectivity index (χ0) is 41.0. The Morgan fingerprint density at radius 3 is 1.86 bits per heavy atom. The van der Waals surface area contributed by atoms with Crippen LogP contribution >= 0.6 is 0 Å². The molecule has 7 rings (SSSR count). The van der Waals surface area contributed by atoms with E-state index in [2.05, 4.69) is 99.8 Å². The zero-order valence-electron chi connectivity index (χ0n) is 33.7. The maximum atomic E-state index is 13.3. The van der Waals surface area contributed by atoms with Crippen LogP contribution in [0.25, 0.3) is 22.5 Å². The fraction of sp³-hybridized carbons (Fsp3) is 0.229. The van der Waals surface area contributed by atoms with Gasteiger partial charge >= 0.3 is 5.97 Å². The first-order chi connectivity index (χ1) is 29.0. The van der Waals surface area contributed by atoms with E-state index >= 15 is 0 Å². The molecule has 0 aliphatic carbocycles. The summed E-state index contributed by atoms with van der Waals surface area (Å²) in [5.41, 5.74) is 6.26. The average Bonchev–Trinajstić information content (AvgIpc) is 3.79. The van der Waals surface area contributed by atoms with E-state index in [0.29, 0.717) is 37.8 Å². The van der Waals surface area contributed by atoms with Crippen LogP contribution in [0.1, 0.15) is 66.2 Å². The molecule has 2 aromatic heterocycles. The number of anilines is 1. The highest BCUT2D eigenvalue weighted by atomic mass is 16.5. The molecule has 0 saturated heterocycles. The Balaban J connectivity index is 1.23. The lowest BCUT2D eigenvalue weighted by atomic mass is 9.77. The number of benzene rings is 5. The highest BCUT2D eigenvalue weighted by Gasteiger charge is 2.42. The Labute approximate surface area is 345 Å². The molecule has 2 heterocycles. The molecule has 0 unspecified atom stereocenters. The number of nitrogens with zero attached hydrogens (tertiary/aromatic N) is 8. The van der Waals surface area contributed by atoms with Gasteiger partial charge in [-0.25, -0.2) is 19.4 Å². The largest absolute Gasteiger partial charge is 0.452 e. The molecule has 298 valence electrons. The molecular formula is C48H48N8O3. The van der Waals surface area contributed by atoms with Crippen molar-refractivity contribution >= 4 is 17.7 Å². The number of rotatable bonds is 17. The lowest BCUT2D eigenvalue weighted by Gasteiger charge is -2.36. The molecule has 59 heavy (non-hydrogen) atoms. The van der Waals surface area contributed by atoms with Crippen molar-refractivity contribution in [1.82, 2.24) is 35.1 Å². The quantitative estimate of drug-likeness (QED) is 0.0662. The van der Waals surface area contributed by atoms with Crippen LogP contribution in [0.2, 0.25) is 0 Å². The third-order valence-corrected chi connectivity index (χ3v) is 10.6. The van der Waals surface area contributed by atoms with Gasteiger partial charge in [0, 0.05) is 37.9 Å². The first kappa shape index (κ1) is 40.2. The van der Waals surface area contributed by atoms with Crippen molar-refractivity contribution in [2.75, 3.05) is 31.1 Å². The summed E-state index contributed by atoms with van der Waals surface area (Å²) in [6.45, 7) is 7.79. The topological polar surface area (TPSA) is 119 Å². The number of likely N-dealkylation sites (N-methyl/N-ethyl adjacent to an activating group) is 1. The van der Waals surface area contributed by atoms with Crippen LogP contribution < -0.4 is 4.90 Å². The van der Waals surface area contributed by atoms with E-state index in [0.717, 1.165) is 51.8 Å². The summed E-state index contributed by atoms with van der Waals surface area (Å²) in [6, 6.07) is 47.7. The van der Waals surface area contributed by atoms with E-state index in [1.54, 1.807) is 4.90 Å². The third kappa shape index (κ3) is 8.50. The van der Waals surface area contributed by atoms with Gasteiger partial charge in [-0.05, 0) is 64.1 Å². The van der Waals surface area contributed by atoms with E-state index in [4.69, 9.17) is 15.0 Å². The molecule has 0 aliphatic heterocycles. The molecule has 7 aromatic rings. The second-order valence-corrected chi connectivity index (χ2v) is 14.1. The minimum Gasteiger partial charge on any atom is -0.452 e. The number of ether oxygens (including phenoxy) is 1. The van der Waals surface area contributed by atoms with Gasteiger partial charge in [-0.3, -0.25) is 4.79 Å². The molecule has 0 fully saturated rings.